The van der Waals surface area contributed by atoms with Crippen molar-refractivity contribution < 1.29 is 8.83 Å². The molecule has 0 unspecified atom stereocenters. The van der Waals surface area contributed by atoms with Crippen molar-refractivity contribution in [1.82, 2.24) is 4.98 Å². The number of fused-ring (bicyclic) bond motifs is 5. The van der Waals surface area contributed by atoms with Gasteiger partial charge in [0.25, 0.3) is 0 Å². The molecule has 0 aliphatic heterocycles. The van der Waals surface area contributed by atoms with Crippen molar-refractivity contribution in [2.45, 2.75) is 31.1 Å². The van der Waals surface area contributed by atoms with Gasteiger partial charge in [0.2, 0.25) is 0 Å². The van der Waals surface area contributed by atoms with Gasteiger partial charge in [-0.2, -0.15) is 0 Å². The van der Waals surface area contributed by atoms with Crippen molar-refractivity contribution in [3.05, 3.63) is 72.5 Å². The molecule has 0 saturated heterocycles. The Labute approximate surface area is 173 Å². The van der Waals surface area contributed by atoms with Crippen molar-refractivity contribution in [2.24, 2.45) is 0 Å². The van der Waals surface area contributed by atoms with Crippen molar-refractivity contribution in [2.75, 3.05) is 0 Å². The molecule has 3 heterocycles. The molecule has 3 aromatic heterocycles. The van der Waals surface area contributed by atoms with Crippen LogP contribution in [0.25, 0.3) is 44.2 Å². The van der Waals surface area contributed by atoms with Crippen molar-refractivity contribution >= 4 is 44.7 Å². The van der Waals surface area contributed by atoms with Crippen LogP contribution >= 0.6 is 11.8 Å². The molecule has 0 spiro atoms. The molecule has 0 aliphatic carbocycles. The van der Waals surface area contributed by atoms with Gasteiger partial charge in [-0.1, -0.05) is 51.2 Å². The molecule has 3 nitrogen and oxygen atoms in total. The summed E-state index contributed by atoms with van der Waals surface area (Å²) in [6, 6.07) is 14.6. The van der Waals surface area contributed by atoms with E-state index < -0.39 is 0 Å². The number of furan rings is 2. The lowest BCUT2D eigenvalue weighted by atomic mass is 9.85. The van der Waals surface area contributed by atoms with Gasteiger partial charge in [0.15, 0.2) is 11.2 Å². The van der Waals surface area contributed by atoms with Gasteiger partial charge >= 0.3 is 0 Å². The fourth-order valence-electron chi connectivity index (χ4n) is 3.88. The number of hydrogen-bond acceptors (Lipinski definition) is 4. The van der Waals surface area contributed by atoms with Gasteiger partial charge in [-0.05, 0) is 46.7 Å². The third kappa shape index (κ3) is 2.87. The predicted molar refractivity (Wildman–Crippen MR) is 121 cm³/mol. The SMILES string of the molecule is C=CSc1ccc(-c2nccc3oc4c(ccc5ccoc54)c23)cc1C(C)(C)C. The zero-order valence-electron chi connectivity index (χ0n) is 16.7. The summed E-state index contributed by atoms with van der Waals surface area (Å²) in [5.74, 6) is 0. The Kier molecular flexibility index (Phi) is 4.07. The van der Waals surface area contributed by atoms with E-state index in [0.29, 0.717) is 0 Å². The number of nitrogens with zero attached hydrogens (tertiary/aromatic N) is 1. The minimum Gasteiger partial charge on any atom is -0.460 e. The number of benzene rings is 2. The molecule has 2 aromatic carbocycles. The van der Waals surface area contributed by atoms with E-state index in [0.717, 1.165) is 44.2 Å². The molecule has 4 heteroatoms. The van der Waals surface area contributed by atoms with E-state index in [2.05, 4.69) is 57.7 Å². The Morgan fingerprint density at radius 3 is 2.69 bits per heavy atom. The Morgan fingerprint density at radius 2 is 1.90 bits per heavy atom. The second-order valence-electron chi connectivity index (χ2n) is 8.16. The normalized spacial score (nSPS) is 12.2. The summed E-state index contributed by atoms with van der Waals surface area (Å²) in [4.78, 5) is 5.97. The first kappa shape index (κ1) is 18.1. The van der Waals surface area contributed by atoms with Crippen LogP contribution in [0, 0.1) is 0 Å². The Hall–Kier alpha value is -2.98. The Morgan fingerprint density at radius 1 is 1.03 bits per heavy atom. The molecular weight excluding hydrogens is 378 g/mol. The smallest absolute Gasteiger partial charge is 0.178 e. The maximum atomic E-state index is 6.19. The van der Waals surface area contributed by atoms with E-state index >= 15 is 0 Å². The fraction of sp³-hybridized carbons (Fsp3) is 0.160. The summed E-state index contributed by atoms with van der Waals surface area (Å²) in [6.45, 7) is 10.6. The summed E-state index contributed by atoms with van der Waals surface area (Å²) in [5, 5.41) is 4.95. The number of thioether (sulfide) groups is 1. The largest absolute Gasteiger partial charge is 0.460 e. The van der Waals surface area contributed by atoms with E-state index in [1.54, 1.807) is 18.0 Å². The van der Waals surface area contributed by atoms with E-state index in [-0.39, 0.29) is 5.41 Å². The average Bonchev–Trinajstić information content (AvgIpc) is 3.31. The highest BCUT2D eigenvalue weighted by Gasteiger charge is 2.21. The van der Waals surface area contributed by atoms with Gasteiger partial charge in [-0.3, -0.25) is 4.98 Å². The second kappa shape index (κ2) is 6.53. The minimum atomic E-state index is 0.00798. The highest BCUT2D eigenvalue weighted by molar-refractivity contribution is 8.02. The van der Waals surface area contributed by atoms with Gasteiger partial charge in [-0.15, -0.1) is 0 Å². The van der Waals surface area contributed by atoms with Crippen LogP contribution in [0.4, 0.5) is 0 Å². The van der Waals surface area contributed by atoms with Crippen LogP contribution in [0.2, 0.25) is 0 Å². The minimum absolute atomic E-state index is 0.00798. The van der Waals surface area contributed by atoms with Crippen LogP contribution in [0.1, 0.15) is 26.3 Å². The first-order chi connectivity index (χ1) is 14.0. The van der Waals surface area contributed by atoms with Crippen molar-refractivity contribution in [1.29, 1.82) is 0 Å². The summed E-state index contributed by atoms with van der Waals surface area (Å²) < 4.78 is 11.9. The molecule has 0 amide bonds. The van der Waals surface area contributed by atoms with Crippen LogP contribution in [0.5, 0.6) is 0 Å². The van der Waals surface area contributed by atoms with E-state index in [9.17, 15) is 0 Å². The van der Waals surface area contributed by atoms with Crippen molar-refractivity contribution in [3.8, 4) is 11.3 Å². The maximum Gasteiger partial charge on any atom is 0.178 e. The molecule has 0 bridgehead atoms. The molecule has 0 N–H and O–H groups in total. The molecule has 0 radical (unpaired) electrons. The molecule has 0 aliphatic rings. The Balaban J connectivity index is 1.81. The fourth-order valence-corrected chi connectivity index (χ4v) is 4.70. The first-order valence-electron chi connectivity index (χ1n) is 9.57. The molecule has 5 rings (SSSR count). The lowest BCUT2D eigenvalue weighted by Gasteiger charge is -2.23. The summed E-state index contributed by atoms with van der Waals surface area (Å²) >= 11 is 1.66. The molecule has 29 heavy (non-hydrogen) atoms. The highest BCUT2D eigenvalue weighted by atomic mass is 32.2. The Bertz CT molecular complexity index is 1390. The lowest BCUT2D eigenvalue weighted by molar-refractivity contribution is 0.578. The summed E-state index contributed by atoms with van der Waals surface area (Å²) in [5.41, 5.74) is 5.65. The predicted octanol–water partition coefficient (Wildman–Crippen LogP) is 7.93. The maximum absolute atomic E-state index is 6.19. The van der Waals surface area contributed by atoms with Crippen LogP contribution in [-0.4, -0.2) is 4.98 Å². The zero-order valence-corrected chi connectivity index (χ0v) is 17.5. The third-order valence-corrected chi connectivity index (χ3v) is 6.02. The van der Waals surface area contributed by atoms with Crippen molar-refractivity contribution in [3.63, 3.8) is 0 Å². The van der Waals surface area contributed by atoms with Crippen LogP contribution in [-0.2, 0) is 5.41 Å². The van der Waals surface area contributed by atoms with Gasteiger partial charge in [-0.25, -0.2) is 0 Å². The third-order valence-electron chi connectivity index (χ3n) is 5.24. The molecule has 144 valence electrons. The molecule has 5 aromatic rings. The van der Waals surface area contributed by atoms with E-state index in [1.807, 2.05) is 23.7 Å². The number of rotatable bonds is 3. The van der Waals surface area contributed by atoms with Gasteiger partial charge < -0.3 is 8.83 Å². The number of hydrogen-bond donors (Lipinski definition) is 0. The monoisotopic (exact) mass is 399 g/mol. The molecule has 0 saturated carbocycles. The van der Waals surface area contributed by atoms with Crippen LogP contribution < -0.4 is 0 Å². The van der Waals surface area contributed by atoms with Crippen LogP contribution in [0.15, 0.2) is 80.6 Å². The number of pyridine rings is 1. The quantitative estimate of drug-likeness (QED) is 0.289. The summed E-state index contributed by atoms with van der Waals surface area (Å²) in [7, 11) is 0. The zero-order chi connectivity index (χ0) is 20.2. The number of aromatic nitrogens is 1. The first-order valence-corrected chi connectivity index (χ1v) is 10.5. The molecular formula is C25H21NO2S. The van der Waals surface area contributed by atoms with Crippen LogP contribution in [0.3, 0.4) is 0 Å². The average molecular weight is 400 g/mol. The lowest BCUT2D eigenvalue weighted by Crippen LogP contribution is -2.12. The van der Waals surface area contributed by atoms with E-state index in [4.69, 9.17) is 13.8 Å². The molecule has 0 fully saturated rings. The van der Waals surface area contributed by atoms with Gasteiger partial charge in [0.1, 0.15) is 5.58 Å². The van der Waals surface area contributed by atoms with Gasteiger partial charge in [0.05, 0.1) is 17.3 Å². The summed E-state index contributed by atoms with van der Waals surface area (Å²) in [6.07, 6.45) is 3.50. The second-order valence-corrected chi connectivity index (χ2v) is 9.17. The topological polar surface area (TPSA) is 39.2 Å². The standard InChI is InChI=1S/C25H21NO2S/c1-5-29-20-9-7-16(14-18(20)25(2,3)4)22-21-17-8-6-15-11-13-27-23(15)24(17)28-19(21)10-12-26-22/h5-14H,1H2,2-4H3. The van der Waals surface area contributed by atoms with E-state index in [1.165, 1.54) is 10.5 Å². The highest BCUT2D eigenvalue weighted by Crippen LogP contribution is 2.41. The van der Waals surface area contributed by atoms with Gasteiger partial charge in [0, 0.05) is 27.4 Å². The molecule has 0 atom stereocenters.